The van der Waals surface area contributed by atoms with Gasteiger partial charge in [-0.2, -0.15) is 0 Å². The molecule has 1 heterocycles. The number of hydrogen-bond acceptors (Lipinski definition) is 7. The zero-order chi connectivity index (χ0) is 22.0. The smallest absolute Gasteiger partial charge is 0.270 e. The van der Waals surface area contributed by atoms with Crippen LogP contribution in [0.3, 0.4) is 0 Å². The van der Waals surface area contributed by atoms with Crippen LogP contribution in [-0.2, 0) is 4.79 Å². The van der Waals surface area contributed by atoms with Gasteiger partial charge in [-0.05, 0) is 31.2 Å². The minimum absolute atomic E-state index is 0.0286. The molecule has 2 aromatic rings. The number of fused-ring (bicyclic) bond motifs is 1. The van der Waals surface area contributed by atoms with Crippen LogP contribution in [0.4, 0.5) is 5.69 Å². The molecule has 0 bridgehead atoms. The van der Waals surface area contributed by atoms with E-state index in [4.69, 9.17) is 9.47 Å². The molecule has 0 unspecified atom stereocenters. The first kappa shape index (κ1) is 20.8. The van der Waals surface area contributed by atoms with Gasteiger partial charge in [-0.25, -0.2) is 0 Å². The largest absolute Gasteiger partial charge is 0.497 e. The fourth-order valence-electron chi connectivity index (χ4n) is 3.22. The maximum absolute atomic E-state index is 12.5. The van der Waals surface area contributed by atoms with E-state index in [0.717, 1.165) is 17.0 Å². The van der Waals surface area contributed by atoms with Gasteiger partial charge in [0.2, 0.25) is 5.91 Å². The molecule has 0 aromatic heterocycles. The van der Waals surface area contributed by atoms with Crippen molar-refractivity contribution in [2.24, 2.45) is 0 Å². The summed E-state index contributed by atoms with van der Waals surface area (Å²) in [4.78, 5) is 48.5. The number of rotatable bonds is 7. The molecule has 0 saturated carbocycles. The van der Waals surface area contributed by atoms with E-state index < -0.39 is 35.2 Å². The number of methoxy groups -OCH3 is 2. The van der Waals surface area contributed by atoms with E-state index in [1.807, 2.05) is 0 Å². The molecule has 10 heteroatoms. The zero-order valence-electron chi connectivity index (χ0n) is 16.5. The number of nitrogens with one attached hydrogen (secondary N) is 1. The summed E-state index contributed by atoms with van der Waals surface area (Å²) in [6, 6.07) is 8.03. The number of carbonyl (C=O) groups is 3. The molecule has 0 spiro atoms. The maximum atomic E-state index is 12.5. The number of imide groups is 1. The summed E-state index contributed by atoms with van der Waals surface area (Å²) >= 11 is 0. The third-order valence-electron chi connectivity index (χ3n) is 4.75. The Morgan fingerprint density at radius 1 is 1.10 bits per heavy atom. The molecule has 1 aliphatic rings. The molecule has 1 aliphatic heterocycles. The lowest BCUT2D eigenvalue weighted by Gasteiger charge is -2.20. The molecule has 2 aromatic carbocycles. The molecule has 0 radical (unpaired) electrons. The number of carbonyl (C=O) groups excluding carboxylic acids is 3. The molecule has 0 saturated heterocycles. The number of benzene rings is 2. The van der Waals surface area contributed by atoms with Gasteiger partial charge in [-0.15, -0.1) is 0 Å². The highest BCUT2D eigenvalue weighted by Gasteiger charge is 2.38. The first-order chi connectivity index (χ1) is 14.3. The second kappa shape index (κ2) is 8.19. The van der Waals surface area contributed by atoms with Gasteiger partial charge < -0.3 is 14.8 Å². The van der Waals surface area contributed by atoms with Crippen LogP contribution in [0.1, 0.15) is 39.2 Å². The Morgan fingerprint density at radius 2 is 1.80 bits per heavy atom. The van der Waals surface area contributed by atoms with Crippen LogP contribution in [0, 0.1) is 10.1 Å². The molecular weight excluding hydrogens is 394 g/mol. The van der Waals surface area contributed by atoms with E-state index in [0.29, 0.717) is 17.1 Å². The summed E-state index contributed by atoms with van der Waals surface area (Å²) in [6.07, 6.45) is 0. The number of nitro benzene ring substituents is 1. The van der Waals surface area contributed by atoms with Crippen molar-refractivity contribution in [1.82, 2.24) is 10.2 Å². The van der Waals surface area contributed by atoms with Crippen LogP contribution in [-0.4, -0.2) is 48.3 Å². The quantitative estimate of drug-likeness (QED) is 0.418. The molecule has 3 rings (SSSR count). The predicted octanol–water partition coefficient (Wildman–Crippen LogP) is 2.09. The molecule has 1 atom stereocenters. The molecule has 0 aliphatic carbocycles. The highest BCUT2D eigenvalue weighted by molar-refractivity contribution is 6.22. The van der Waals surface area contributed by atoms with Crippen LogP contribution < -0.4 is 14.8 Å². The van der Waals surface area contributed by atoms with E-state index in [2.05, 4.69) is 5.32 Å². The van der Waals surface area contributed by atoms with Crippen molar-refractivity contribution in [3.63, 3.8) is 0 Å². The van der Waals surface area contributed by atoms with Gasteiger partial charge >= 0.3 is 0 Å². The summed E-state index contributed by atoms with van der Waals surface area (Å²) < 4.78 is 10.5. The third-order valence-corrected chi connectivity index (χ3v) is 4.75. The standard InChI is InChI=1S/C20H19N3O7/c1-11(15-9-13(29-2)5-7-17(15)30-3)21-18(24)10-22-19(25)14-6-4-12(23(27)28)8-16(14)20(22)26/h4-9,11H,10H2,1-3H3,(H,21,24)/t11-/m0/s1. The lowest BCUT2D eigenvalue weighted by atomic mass is 10.1. The molecule has 0 fully saturated rings. The van der Waals surface area contributed by atoms with Crippen LogP contribution in [0.15, 0.2) is 36.4 Å². The molecular formula is C20H19N3O7. The highest BCUT2D eigenvalue weighted by Crippen LogP contribution is 2.30. The average Bonchev–Trinajstić information content (AvgIpc) is 2.97. The van der Waals surface area contributed by atoms with Gasteiger partial charge in [-0.3, -0.25) is 29.4 Å². The van der Waals surface area contributed by atoms with E-state index >= 15 is 0 Å². The van der Waals surface area contributed by atoms with Crippen molar-refractivity contribution in [3.05, 3.63) is 63.2 Å². The minimum Gasteiger partial charge on any atom is -0.497 e. The van der Waals surface area contributed by atoms with Crippen molar-refractivity contribution < 1.29 is 28.8 Å². The first-order valence-electron chi connectivity index (χ1n) is 8.92. The van der Waals surface area contributed by atoms with Crippen LogP contribution in [0.2, 0.25) is 0 Å². The summed E-state index contributed by atoms with van der Waals surface area (Å²) in [5, 5.41) is 13.6. The molecule has 156 valence electrons. The van der Waals surface area contributed by atoms with Gasteiger partial charge in [-0.1, -0.05) is 0 Å². The lowest BCUT2D eigenvalue weighted by molar-refractivity contribution is -0.384. The van der Waals surface area contributed by atoms with Crippen molar-refractivity contribution >= 4 is 23.4 Å². The minimum atomic E-state index is -0.750. The molecule has 30 heavy (non-hydrogen) atoms. The first-order valence-corrected chi connectivity index (χ1v) is 8.92. The normalized spacial score (nSPS) is 13.6. The summed E-state index contributed by atoms with van der Waals surface area (Å²) in [7, 11) is 3.01. The Hall–Kier alpha value is -3.95. The lowest BCUT2D eigenvalue weighted by Crippen LogP contribution is -2.41. The van der Waals surface area contributed by atoms with Crippen molar-refractivity contribution in [3.8, 4) is 11.5 Å². The van der Waals surface area contributed by atoms with Crippen LogP contribution in [0.5, 0.6) is 11.5 Å². The monoisotopic (exact) mass is 413 g/mol. The number of non-ortho nitro benzene ring substituents is 1. The summed E-state index contributed by atoms with van der Waals surface area (Å²) in [5.41, 5.74) is 0.286. The van der Waals surface area contributed by atoms with E-state index in [9.17, 15) is 24.5 Å². The number of nitro groups is 1. The van der Waals surface area contributed by atoms with Gasteiger partial charge in [0, 0.05) is 17.7 Å². The number of hydrogen-bond donors (Lipinski definition) is 1. The summed E-state index contributed by atoms with van der Waals surface area (Å²) in [5.74, 6) is -0.881. The van der Waals surface area contributed by atoms with Crippen molar-refractivity contribution in [2.75, 3.05) is 20.8 Å². The Balaban J connectivity index is 1.74. The molecule has 1 N–H and O–H groups in total. The van der Waals surface area contributed by atoms with E-state index in [1.54, 1.807) is 25.1 Å². The third kappa shape index (κ3) is 3.79. The van der Waals surface area contributed by atoms with Crippen LogP contribution in [0.25, 0.3) is 0 Å². The number of nitrogens with zero attached hydrogens (tertiary/aromatic N) is 2. The fraction of sp³-hybridized carbons (Fsp3) is 0.250. The van der Waals surface area contributed by atoms with Gasteiger partial charge in [0.05, 0.1) is 36.3 Å². The van der Waals surface area contributed by atoms with E-state index in [-0.39, 0.29) is 16.8 Å². The number of amides is 3. The Labute approximate surface area is 171 Å². The fourth-order valence-corrected chi connectivity index (χ4v) is 3.22. The topological polar surface area (TPSA) is 128 Å². The van der Waals surface area contributed by atoms with Crippen molar-refractivity contribution in [1.29, 1.82) is 0 Å². The van der Waals surface area contributed by atoms with Gasteiger partial charge in [0.1, 0.15) is 18.0 Å². The Bertz CT molecular complexity index is 1050. The Morgan fingerprint density at radius 3 is 2.43 bits per heavy atom. The second-order valence-corrected chi connectivity index (χ2v) is 6.58. The molecule has 3 amide bonds. The highest BCUT2D eigenvalue weighted by atomic mass is 16.6. The van der Waals surface area contributed by atoms with Gasteiger partial charge in [0.15, 0.2) is 0 Å². The zero-order valence-corrected chi connectivity index (χ0v) is 16.5. The Kier molecular flexibility index (Phi) is 5.67. The second-order valence-electron chi connectivity index (χ2n) is 6.58. The number of ether oxygens (including phenoxy) is 2. The van der Waals surface area contributed by atoms with Crippen molar-refractivity contribution in [2.45, 2.75) is 13.0 Å². The molecule has 10 nitrogen and oxygen atoms in total. The summed E-state index contributed by atoms with van der Waals surface area (Å²) in [6.45, 7) is 1.21. The maximum Gasteiger partial charge on any atom is 0.270 e. The van der Waals surface area contributed by atoms with Crippen LogP contribution >= 0.6 is 0 Å². The van der Waals surface area contributed by atoms with E-state index in [1.165, 1.54) is 20.3 Å². The predicted molar refractivity (Wildman–Crippen MR) is 105 cm³/mol. The van der Waals surface area contributed by atoms with Gasteiger partial charge in [0.25, 0.3) is 17.5 Å². The SMILES string of the molecule is COc1ccc(OC)c([C@H](C)NC(=O)CN2C(=O)c3ccc([N+](=O)[O-])cc3C2=O)c1. The average molecular weight is 413 g/mol.